The summed E-state index contributed by atoms with van der Waals surface area (Å²) < 4.78 is 0. The number of hydrogen-bond acceptors (Lipinski definition) is 2. The van der Waals surface area contributed by atoms with Crippen molar-refractivity contribution < 1.29 is 0 Å². The Labute approximate surface area is 104 Å². The van der Waals surface area contributed by atoms with Crippen LogP contribution in [0.4, 0.5) is 0 Å². The van der Waals surface area contributed by atoms with E-state index >= 15 is 0 Å². The van der Waals surface area contributed by atoms with Gasteiger partial charge in [0.15, 0.2) is 0 Å². The van der Waals surface area contributed by atoms with Gasteiger partial charge >= 0.3 is 0 Å². The van der Waals surface area contributed by atoms with Gasteiger partial charge in [-0.1, -0.05) is 19.3 Å². The third-order valence-corrected chi connectivity index (χ3v) is 6.27. The fraction of sp³-hybridized carbons (Fsp3) is 0.429. The molecule has 1 spiro atoms. The first-order valence-corrected chi connectivity index (χ1v) is 7.84. The van der Waals surface area contributed by atoms with Crippen LogP contribution >= 0.6 is 22.7 Å². The summed E-state index contributed by atoms with van der Waals surface area (Å²) in [6, 6.07) is 4.77. The molecule has 0 nitrogen and oxygen atoms in total. The standard InChI is InChI=1S/C14H14S2/c1-2-6-14(7-3-1)10-4-8-15-12(10)13-11(14)5-9-16-13/h4-5,8-9H,1-3,6-7H2. The molecule has 2 aromatic rings. The van der Waals surface area contributed by atoms with Gasteiger partial charge in [0.2, 0.25) is 0 Å². The topological polar surface area (TPSA) is 0 Å². The van der Waals surface area contributed by atoms with E-state index in [9.17, 15) is 0 Å². The van der Waals surface area contributed by atoms with Gasteiger partial charge in [0.25, 0.3) is 0 Å². The minimum atomic E-state index is 0.420. The summed E-state index contributed by atoms with van der Waals surface area (Å²) in [5, 5.41) is 4.56. The Hall–Kier alpha value is -0.600. The predicted molar refractivity (Wildman–Crippen MR) is 71.5 cm³/mol. The molecule has 2 aromatic heterocycles. The molecular weight excluding hydrogens is 232 g/mol. The Morgan fingerprint density at radius 2 is 1.38 bits per heavy atom. The lowest BCUT2D eigenvalue weighted by Gasteiger charge is -2.34. The highest BCUT2D eigenvalue weighted by Gasteiger charge is 2.44. The first kappa shape index (κ1) is 9.43. The fourth-order valence-corrected chi connectivity index (χ4v) is 5.75. The number of hydrogen-bond donors (Lipinski definition) is 0. The van der Waals surface area contributed by atoms with Gasteiger partial charge in [-0.2, -0.15) is 0 Å². The van der Waals surface area contributed by atoms with Crippen molar-refractivity contribution in [3.05, 3.63) is 34.0 Å². The van der Waals surface area contributed by atoms with Crippen LogP contribution < -0.4 is 0 Å². The highest BCUT2D eigenvalue weighted by atomic mass is 32.1. The summed E-state index contributed by atoms with van der Waals surface area (Å²) in [6.07, 6.45) is 7.00. The van der Waals surface area contributed by atoms with Gasteiger partial charge in [0.1, 0.15) is 0 Å². The van der Waals surface area contributed by atoms with Gasteiger partial charge in [-0.25, -0.2) is 0 Å². The smallest absolute Gasteiger partial charge is 0.0486 e. The van der Waals surface area contributed by atoms with Crippen molar-refractivity contribution in [3.63, 3.8) is 0 Å². The second kappa shape index (κ2) is 3.21. The molecule has 82 valence electrons. The Kier molecular flexibility index (Phi) is 1.89. The summed E-state index contributed by atoms with van der Waals surface area (Å²) in [5.74, 6) is 0. The molecule has 0 atom stereocenters. The van der Waals surface area contributed by atoms with Crippen LogP contribution in [0.25, 0.3) is 9.75 Å². The lowest BCUT2D eigenvalue weighted by molar-refractivity contribution is 0.353. The molecule has 0 N–H and O–H groups in total. The normalized spacial score (nSPS) is 21.0. The number of thiophene rings is 2. The zero-order valence-corrected chi connectivity index (χ0v) is 10.8. The molecule has 2 heteroatoms. The van der Waals surface area contributed by atoms with Gasteiger partial charge in [0.05, 0.1) is 0 Å². The van der Waals surface area contributed by atoms with Crippen LogP contribution in [0.2, 0.25) is 0 Å². The Morgan fingerprint density at radius 1 is 0.812 bits per heavy atom. The minimum absolute atomic E-state index is 0.420. The second-order valence-electron chi connectivity index (χ2n) is 4.97. The second-order valence-corrected chi connectivity index (χ2v) is 6.80. The van der Waals surface area contributed by atoms with E-state index < -0.39 is 0 Å². The molecule has 0 bridgehead atoms. The first-order chi connectivity index (χ1) is 7.92. The van der Waals surface area contributed by atoms with E-state index in [1.54, 1.807) is 20.9 Å². The zero-order valence-electron chi connectivity index (χ0n) is 9.16. The quantitative estimate of drug-likeness (QED) is 0.611. The van der Waals surface area contributed by atoms with Gasteiger partial charge < -0.3 is 0 Å². The molecule has 16 heavy (non-hydrogen) atoms. The van der Waals surface area contributed by atoms with Crippen LogP contribution in [-0.4, -0.2) is 0 Å². The van der Waals surface area contributed by atoms with E-state index in [2.05, 4.69) is 22.9 Å². The number of fused-ring (bicyclic) bond motifs is 5. The fourth-order valence-electron chi connectivity index (χ4n) is 3.56. The monoisotopic (exact) mass is 246 g/mol. The molecule has 0 aliphatic heterocycles. The molecule has 0 saturated heterocycles. The van der Waals surface area contributed by atoms with E-state index in [1.807, 2.05) is 22.7 Å². The van der Waals surface area contributed by atoms with Gasteiger partial charge in [-0.3, -0.25) is 0 Å². The largest absolute Gasteiger partial charge is 0.143 e. The Bertz CT molecular complexity index is 484. The van der Waals surface area contributed by atoms with Gasteiger partial charge in [-0.15, -0.1) is 22.7 Å². The van der Waals surface area contributed by atoms with E-state index in [4.69, 9.17) is 0 Å². The van der Waals surface area contributed by atoms with E-state index in [-0.39, 0.29) is 0 Å². The van der Waals surface area contributed by atoms with Crippen molar-refractivity contribution in [1.29, 1.82) is 0 Å². The van der Waals surface area contributed by atoms with Crippen molar-refractivity contribution >= 4 is 22.7 Å². The van der Waals surface area contributed by atoms with Crippen LogP contribution in [0.3, 0.4) is 0 Å². The highest BCUT2D eigenvalue weighted by molar-refractivity contribution is 7.21. The maximum Gasteiger partial charge on any atom is 0.0486 e. The van der Waals surface area contributed by atoms with Crippen molar-refractivity contribution in [2.24, 2.45) is 0 Å². The lowest BCUT2D eigenvalue weighted by Crippen LogP contribution is -2.27. The molecule has 0 unspecified atom stereocenters. The summed E-state index contributed by atoms with van der Waals surface area (Å²) in [5.41, 5.74) is 3.72. The maximum absolute atomic E-state index is 2.39. The van der Waals surface area contributed by atoms with Crippen molar-refractivity contribution in [3.8, 4) is 9.75 Å². The summed E-state index contributed by atoms with van der Waals surface area (Å²) in [6.45, 7) is 0. The van der Waals surface area contributed by atoms with Gasteiger partial charge in [-0.05, 0) is 46.9 Å². The Balaban J connectivity index is 2.01. The van der Waals surface area contributed by atoms with Crippen molar-refractivity contribution in [2.45, 2.75) is 37.5 Å². The molecule has 0 radical (unpaired) electrons. The molecule has 2 aliphatic rings. The average molecular weight is 246 g/mol. The molecule has 1 fully saturated rings. The van der Waals surface area contributed by atoms with Crippen LogP contribution in [0.5, 0.6) is 0 Å². The summed E-state index contributed by atoms with van der Waals surface area (Å²) in [4.78, 5) is 3.15. The molecule has 1 saturated carbocycles. The van der Waals surface area contributed by atoms with Crippen molar-refractivity contribution in [1.82, 2.24) is 0 Å². The van der Waals surface area contributed by atoms with E-state index in [1.165, 1.54) is 32.1 Å². The molecular formula is C14H14S2. The molecule has 2 aliphatic carbocycles. The molecule has 0 amide bonds. The van der Waals surface area contributed by atoms with Crippen molar-refractivity contribution in [2.75, 3.05) is 0 Å². The maximum atomic E-state index is 2.39. The molecule has 0 aromatic carbocycles. The van der Waals surface area contributed by atoms with Crippen LogP contribution in [0.1, 0.15) is 43.2 Å². The third-order valence-electron chi connectivity index (χ3n) is 4.27. The third kappa shape index (κ3) is 1.000. The minimum Gasteiger partial charge on any atom is -0.143 e. The predicted octanol–water partition coefficient (Wildman–Crippen LogP) is 5.04. The first-order valence-electron chi connectivity index (χ1n) is 6.08. The van der Waals surface area contributed by atoms with Crippen LogP contribution in [-0.2, 0) is 5.41 Å². The summed E-state index contributed by atoms with van der Waals surface area (Å²) >= 11 is 3.87. The zero-order chi connectivity index (χ0) is 10.6. The average Bonchev–Trinajstić information content (AvgIpc) is 3.00. The molecule has 2 heterocycles. The Morgan fingerprint density at radius 3 is 1.94 bits per heavy atom. The van der Waals surface area contributed by atoms with E-state index in [0.717, 1.165) is 0 Å². The van der Waals surface area contributed by atoms with Crippen LogP contribution in [0.15, 0.2) is 22.9 Å². The van der Waals surface area contributed by atoms with Crippen LogP contribution in [0, 0.1) is 0 Å². The lowest BCUT2D eigenvalue weighted by atomic mass is 9.69. The summed E-state index contributed by atoms with van der Waals surface area (Å²) in [7, 11) is 0. The van der Waals surface area contributed by atoms with E-state index in [0.29, 0.717) is 5.41 Å². The molecule has 4 rings (SSSR count). The highest BCUT2D eigenvalue weighted by Crippen LogP contribution is 2.58. The number of rotatable bonds is 0. The van der Waals surface area contributed by atoms with Gasteiger partial charge in [0, 0.05) is 15.2 Å². The SMILES string of the molecule is c1cc2c(s1)-c1sccc1C21CCCCC1.